The second-order valence-corrected chi connectivity index (χ2v) is 3.16. The van der Waals surface area contributed by atoms with Gasteiger partial charge in [0, 0.05) is 23.3 Å². The molecule has 1 aromatic heterocycles. The van der Waals surface area contributed by atoms with E-state index in [0.717, 1.165) is 5.56 Å². The average Bonchev–Trinajstić information content (AvgIpc) is 2.17. The Morgan fingerprint density at radius 1 is 1.31 bits per heavy atom. The molecule has 0 saturated carbocycles. The molecule has 0 unspecified atom stereocenters. The van der Waals surface area contributed by atoms with E-state index >= 15 is 0 Å². The van der Waals surface area contributed by atoms with Crippen LogP contribution in [0.4, 0.5) is 0 Å². The van der Waals surface area contributed by atoms with Crippen LogP contribution < -0.4 is 0 Å². The summed E-state index contributed by atoms with van der Waals surface area (Å²) in [5, 5.41) is 2.40. The van der Waals surface area contributed by atoms with Gasteiger partial charge in [-0.15, -0.1) is 0 Å². The van der Waals surface area contributed by atoms with E-state index in [0.29, 0.717) is 0 Å². The zero-order valence-electron chi connectivity index (χ0n) is 7.62. The highest BCUT2D eigenvalue weighted by Crippen LogP contribution is 2.19. The summed E-state index contributed by atoms with van der Waals surface area (Å²) in [6.07, 6.45) is 5.56. The summed E-state index contributed by atoms with van der Waals surface area (Å²) in [7, 11) is 0. The van der Waals surface area contributed by atoms with Gasteiger partial charge in [-0.3, -0.25) is 4.98 Å². The van der Waals surface area contributed by atoms with Crippen molar-refractivity contribution in [2.45, 2.75) is 6.92 Å². The van der Waals surface area contributed by atoms with E-state index in [2.05, 4.69) is 36.7 Å². The summed E-state index contributed by atoms with van der Waals surface area (Å²) >= 11 is 0. The highest BCUT2D eigenvalue weighted by molar-refractivity contribution is 5.89. The van der Waals surface area contributed by atoms with E-state index < -0.39 is 0 Å². The zero-order chi connectivity index (χ0) is 9.26. The maximum atomic E-state index is 4.14. The maximum Gasteiger partial charge on any atom is 0.0346 e. The Labute approximate surface area is 77.7 Å². The summed E-state index contributed by atoms with van der Waals surface area (Å²) < 4.78 is 0. The number of pyridine rings is 1. The molecule has 0 fully saturated rings. The topological polar surface area (TPSA) is 12.9 Å². The van der Waals surface area contributed by atoms with Gasteiger partial charge in [-0.2, -0.15) is 0 Å². The lowest BCUT2D eigenvalue weighted by atomic mass is 10.1. The number of benzene rings is 1. The zero-order valence-corrected chi connectivity index (χ0v) is 7.62. The van der Waals surface area contributed by atoms with Gasteiger partial charge < -0.3 is 0 Å². The predicted molar refractivity (Wildman–Crippen MR) is 56.6 cm³/mol. The largest absolute Gasteiger partial charge is 0.263 e. The Morgan fingerprint density at radius 3 is 2.92 bits per heavy atom. The van der Waals surface area contributed by atoms with Gasteiger partial charge in [0.25, 0.3) is 0 Å². The molecule has 0 N–H and O–H groups in total. The van der Waals surface area contributed by atoms with Crippen molar-refractivity contribution in [2.75, 3.05) is 0 Å². The Balaban J connectivity index is 2.86. The van der Waals surface area contributed by atoms with Crippen molar-refractivity contribution in [1.29, 1.82) is 0 Å². The first-order chi connectivity index (χ1) is 6.31. The molecule has 0 aliphatic heterocycles. The van der Waals surface area contributed by atoms with Gasteiger partial charge in [0.05, 0.1) is 0 Å². The normalized spacial score (nSPS) is 10.2. The van der Waals surface area contributed by atoms with Crippen LogP contribution in [-0.4, -0.2) is 4.98 Å². The molecule has 1 heterocycles. The van der Waals surface area contributed by atoms with Gasteiger partial charge in [-0.1, -0.05) is 36.4 Å². The number of hydrogen-bond donors (Lipinski definition) is 0. The van der Waals surface area contributed by atoms with Gasteiger partial charge in [-0.25, -0.2) is 0 Å². The first kappa shape index (κ1) is 7.99. The van der Waals surface area contributed by atoms with Crippen LogP contribution >= 0.6 is 0 Å². The standard InChI is InChI=1S/C12H11N/c1-3-10-7-13-8-11-5-4-9(2)6-12(10)11/h3-8H,1H2,2H3. The van der Waals surface area contributed by atoms with Crippen molar-refractivity contribution in [3.63, 3.8) is 0 Å². The van der Waals surface area contributed by atoms with Crippen LogP contribution in [0.25, 0.3) is 16.8 Å². The first-order valence-electron chi connectivity index (χ1n) is 4.28. The van der Waals surface area contributed by atoms with Crippen LogP contribution in [0.5, 0.6) is 0 Å². The minimum atomic E-state index is 1.10. The number of aromatic nitrogens is 1. The summed E-state index contributed by atoms with van der Waals surface area (Å²) in [6, 6.07) is 6.34. The average molecular weight is 169 g/mol. The minimum Gasteiger partial charge on any atom is -0.263 e. The van der Waals surface area contributed by atoms with Crippen LogP contribution in [0.2, 0.25) is 0 Å². The fraction of sp³-hybridized carbons (Fsp3) is 0.0833. The molecule has 0 aliphatic rings. The lowest BCUT2D eigenvalue weighted by Gasteiger charge is -2.01. The molecule has 0 atom stereocenters. The quantitative estimate of drug-likeness (QED) is 0.638. The van der Waals surface area contributed by atoms with Gasteiger partial charge in [-0.05, 0) is 12.3 Å². The minimum absolute atomic E-state index is 1.10. The monoisotopic (exact) mass is 169 g/mol. The lowest BCUT2D eigenvalue weighted by molar-refractivity contribution is 1.35. The smallest absolute Gasteiger partial charge is 0.0346 e. The summed E-state index contributed by atoms with van der Waals surface area (Å²) in [5.74, 6) is 0. The van der Waals surface area contributed by atoms with Crippen LogP contribution in [-0.2, 0) is 0 Å². The molecule has 1 aromatic carbocycles. The second-order valence-electron chi connectivity index (χ2n) is 3.16. The summed E-state index contributed by atoms with van der Waals surface area (Å²) in [5.41, 5.74) is 2.36. The van der Waals surface area contributed by atoms with Crippen molar-refractivity contribution < 1.29 is 0 Å². The van der Waals surface area contributed by atoms with E-state index in [1.807, 2.05) is 18.5 Å². The van der Waals surface area contributed by atoms with E-state index in [-0.39, 0.29) is 0 Å². The molecule has 0 aliphatic carbocycles. The molecule has 0 saturated heterocycles. The summed E-state index contributed by atoms with van der Waals surface area (Å²) in [6.45, 7) is 5.86. The maximum absolute atomic E-state index is 4.14. The van der Waals surface area contributed by atoms with E-state index in [9.17, 15) is 0 Å². The fourth-order valence-electron chi connectivity index (χ4n) is 1.46. The van der Waals surface area contributed by atoms with E-state index in [4.69, 9.17) is 0 Å². The van der Waals surface area contributed by atoms with E-state index in [1.54, 1.807) is 0 Å². The fourth-order valence-corrected chi connectivity index (χ4v) is 1.46. The molecule has 0 bridgehead atoms. The van der Waals surface area contributed by atoms with Crippen LogP contribution in [0.1, 0.15) is 11.1 Å². The number of hydrogen-bond acceptors (Lipinski definition) is 1. The third kappa shape index (κ3) is 1.33. The van der Waals surface area contributed by atoms with Crippen molar-refractivity contribution in [3.05, 3.63) is 48.3 Å². The van der Waals surface area contributed by atoms with Gasteiger partial charge in [0.15, 0.2) is 0 Å². The SMILES string of the molecule is C=Cc1cncc2ccc(C)cc12. The lowest BCUT2D eigenvalue weighted by Crippen LogP contribution is -1.82. The molecular weight excluding hydrogens is 158 g/mol. The first-order valence-corrected chi connectivity index (χ1v) is 4.28. The van der Waals surface area contributed by atoms with Crippen LogP contribution in [0.3, 0.4) is 0 Å². The van der Waals surface area contributed by atoms with Gasteiger partial charge >= 0.3 is 0 Å². The number of fused-ring (bicyclic) bond motifs is 1. The predicted octanol–water partition coefficient (Wildman–Crippen LogP) is 3.19. The molecule has 0 amide bonds. The number of aryl methyl sites for hydroxylation is 1. The Hall–Kier alpha value is -1.63. The molecule has 0 radical (unpaired) electrons. The van der Waals surface area contributed by atoms with Crippen molar-refractivity contribution in [1.82, 2.24) is 4.98 Å². The van der Waals surface area contributed by atoms with Crippen LogP contribution in [0, 0.1) is 6.92 Å². The molecule has 2 aromatic rings. The Morgan fingerprint density at radius 2 is 2.15 bits per heavy atom. The van der Waals surface area contributed by atoms with Crippen LogP contribution in [0.15, 0.2) is 37.2 Å². The highest BCUT2D eigenvalue weighted by atomic mass is 14.6. The Bertz CT molecular complexity index is 458. The van der Waals surface area contributed by atoms with E-state index in [1.165, 1.54) is 16.3 Å². The molecule has 1 nitrogen and oxygen atoms in total. The van der Waals surface area contributed by atoms with Crippen molar-refractivity contribution in [3.8, 4) is 0 Å². The summed E-state index contributed by atoms with van der Waals surface area (Å²) in [4.78, 5) is 4.14. The highest BCUT2D eigenvalue weighted by Gasteiger charge is 1.97. The molecule has 13 heavy (non-hydrogen) atoms. The molecular formula is C12H11N. The third-order valence-electron chi connectivity index (χ3n) is 2.17. The third-order valence-corrected chi connectivity index (χ3v) is 2.17. The van der Waals surface area contributed by atoms with Crippen molar-refractivity contribution >= 4 is 16.8 Å². The second kappa shape index (κ2) is 3.02. The van der Waals surface area contributed by atoms with Gasteiger partial charge in [0.2, 0.25) is 0 Å². The Kier molecular flexibility index (Phi) is 1.85. The number of nitrogens with zero attached hydrogens (tertiary/aromatic N) is 1. The number of rotatable bonds is 1. The van der Waals surface area contributed by atoms with Crippen molar-refractivity contribution in [2.24, 2.45) is 0 Å². The molecule has 2 rings (SSSR count). The van der Waals surface area contributed by atoms with Gasteiger partial charge in [0.1, 0.15) is 0 Å². The molecule has 1 heteroatoms. The molecule has 0 spiro atoms. The molecule has 64 valence electrons.